The Morgan fingerprint density at radius 3 is 2.29 bits per heavy atom. The largest absolute Gasteiger partial charge is 0.459 e. The summed E-state index contributed by atoms with van der Waals surface area (Å²) in [5.74, 6) is -1.72. The predicted octanol–water partition coefficient (Wildman–Crippen LogP) is 2.79. The summed E-state index contributed by atoms with van der Waals surface area (Å²) in [5.41, 5.74) is -0.111. The van der Waals surface area contributed by atoms with Crippen LogP contribution in [-0.4, -0.2) is 29.5 Å². The zero-order valence-corrected chi connectivity index (χ0v) is 15.5. The number of rotatable bonds is 6. The van der Waals surface area contributed by atoms with Crippen molar-refractivity contribution in [2.45, 2.75) is 31.6 Å². The van der Waals surface area contributed by atoms with E-state index in [0.29, 0.717) is 5.56 Å². The van der Waals surface area contributed by atoms with E-state index in [1.165, 1.54) is 0 Å². The second-order valence-corrected chi connectivity index (χ2v) is 6.68. The lowest BCUT2D eigenvalue weighted by molar-refractivity contribution is -0.158. The van der Waals surface area contributed by atoms with Gasteiger partial charge in [-0.1, -0.05) is 55.1 Å². The minimum atomic E-state index is -1.51. The molecule has 6 nitrogen and oxygen atoms in total. The number of hydrogen-bond acceptors (Lipinski definition) is 5. The number of carbonyl (C=O) groups is 3. The van der Waals surface area contributed by atoms with E-state index in [0.717, 1.165) is 5.56 Å². The van der Waals surface area contributed by atoms with Crippen LogP contribution in [0.3, 0.4) is 0 Å². The number of amides is 1. The van der Waals surface area contributed by atoms with Crippen LogP contribution in [0.15, 0.2) is 72.8 Å². The molecule has 3 rings (SSSR count). The van der Waals surface area contributed by atoms with Gasteiger partial charge in [-0.15, -0.1) is 0 Å². The lowest BCUT2D eigenvalue weighted by Crippen LogP contribution is -2.58. The summed E-state index contributed by atoms with van der Waals surface area (Å²) in [5, 5.41) is 2.62. The SMILES string of the molecule is C=C1C[C@](C(=O)OCc2ccccc2)([C@@H](C)OC(=O)c2ccccc2)NC1=O. The van der Waals surface area contributed by atoms with Crippen molar-refractivity contribution in [3.63, 3.8) is 0 Å². The minimum Gasteiger partial charge on any atom is -0.459 e. The van der Waals surface area contributed by atoms with Gasteiger partial charge in [0.25, 0.3) is 0 Å². The molecular formula is C22H21NO5. The molecule has 2 atom stereocenters. The number of ether oxygens (including phenoxy) is 2. The van der Waals surface area contributed by atoms with Gasteiger partial charge in [0, 0.05) is 12.0 Å². The van der Waals surface area contributed by atoms with Crippen LogP contribution in [0.25, 0.3) is 0 Å². The maximum absolute atomic E-state index is 12.9. The summed E-state index contributed by atoms with van der Waals surface area (Å²) in [6, 6.07) is 17.6. The van der Waals surface area contributed by atoms with E-state index in [9.17, 15) is 14.4 Å². The monoisotopic (exact) mass is 379 g/mol. The average Bonchev–Trinajstić information content (AvgIpc) is 3.03. The Hall–Kier alpha value is -3.41. The fourth-order valence-electron chi connectivity index (χ4n) is 3.04. The van der Waals surface area contributed by atoms with Crippen LogP contribution in [0.5, 0.6) is 0 Å². The molecule has 0 saturated carbocycles. The molecule has 1 aliphatic rings. The van der Waals surface area contributed by atoms with Gasteiger partial charge in [0.2, 0.25) is 5.91 Å². The molecule has 2 aromatic carbocycles. The van der Waals surface area contributed by atoms with Crippen LogP contribution >= 0.6 is 0 Å². The smallest absolute Gasteiger partial charge is 0.338 e. The molecule has 0 spiro atoms. The lowest BCUT2D eigenvalue weighted by Gasteiger charge is -2.32. The molecule has 1 fully saturated rings. The third-order valence-electron chi connectivity index (χ3n) is 4.71. The molecule has 1 saturated heterocycles. The molecule has 1 amide bonds. The highest BCUT2D eigenvalue weighted by Crippen LogP contribution is 2.31. The topological polar surface area (TPSA) is 81.7 Å². The Balaban J connectivity index is 1.77. The fraction of sp³-hybridized carbons (Fsp3) is 0.227. The summed E-state index contributed by atoms with van der Waals surface area (Å²) < 4.78 is 10.9. The normalized spacial score (nSPS) is 19.6. The van der Waals surface area contributed by atoms with E-state index in [-0.39, 0.29) is 18.6 Å². The molecular weight excluding hydrogens is 358 g/mol. The molecule has 28 heavy (non-hydrogen) atoms. The highest BCUT2D eigenvalue weighted by Gasteiger charge is 2.53. The van der Waals surface area contributed by atoms with Crippen LogP contribution in [0.4, 0.5) is 0 Å². The van der Waals surface area contributed by atoms with Gasteiger partial charge in [-0.25, -0.2) is 9.59 Å². The van der Waals surface area contributed by atoms with Gasteiger partial charge in [-0.2, -0.15) is 0 Å². The minimum absolute atomic E-state index is 0.00267. The van der Waals surface area contributed by atoms with Crippen molar-refractivity contribution < 1.29 is 23.9 Å². The van der Waals surface area contributed by atoms with Crippen molar-refractivity contribution in [3.05, 3.63) is 83.9 Å². The third-order valence-corrected chi connectivity index (χ3v) is 4.71. The number of benzene rings is 2. The zero-order valence-electron chi connectivity index (χ0n) is 15.5. The van der Waals surface area contributed by atoms with Crippen molar-refractivity contribution in [1.82, 2.24) is 5.32 Å². The van der Waals surface area contributed by atoms with E-state index < -0.39 is 29.5 Å². The molecule has 0 aromatic heterocycles. The molecule has 0 radical (unpaired) electrons. The van der Waals surface area contributed by atoms with Gasteiger partial charge in [0.1, 0.15) is 12.7 Å². The van der Waals surface area contributed by atoms with Crippen molar-refractivity contribution in [3.8, 4) is 0 Å². The first-order valence-corrected chi connectivity index (χ1v) is 8.90. The maximum Gasteiger partial charge on any atom is 0.338 e. The van der Waals surface area contributed by atoms with Crippen molar-refractivity contribution in [2.75, 3.05) is 0 Å². The standard InChI is InChI=1S/C22H21NO5/c1-15-13-22(23-19(15)24,21(26)27-14-17-9-5-3-6-10-17)16(2)28-20(25)18-11-7-4-8-12-18/h3-12,16H,1,13-14H2,2H3,(H,23,24)/t16-,22-/m1/s1. The summed E-state index contributed by atoms with van der Waals surface area (Å²) in [6.45, 7) is 5.29. The van der Waals surface area contributed by atoms with Crippen LogP contribution in [0.1, 0.15) is 29.3 Å². The van der Waals surface area contributed by atoms with Crippen LogP contribution in [0, 0.1) is 0 Å². The molecule has 1 aliphatic heterocycles. The molecule has 2 aromatic rings. The molecule has 6 heteroatoms. The predicted molar refractivity (Wildman–Crippen MR) is 102 cm³/mol. The van der Waals surface area contributed by atoms with Gasteiger partial charge in [0.05, 0.1) is 5.56 Å². The quantitative estimate of drug-likeness (QED) is 0.617. The lowest BCUT2D eigenvalue weighted by atomic mass is 9.90. The van der Waals surface area contributed by atoms with E-state index in [4.69, 9.17) is 9.47 Å². The van der Waals surface area contributed by atoms with Gasteiger partial charge in [-0.3, -0.25) is 4.79 Å². The Morgan fingerprint density at radius 2 is 1.71 bits per heavy atom. The van der Waals surface area contributed by atoms with Gasteiger partial charge in [0.15, 0.2) is 5.54 Å². The van der Waals surface area contributed by atoms with E-state index in [1.807, 2.05) is 30.3 Å². The first-order chi connectivity index (χ1) is 13.4. The maximum atomic E-state index is 12.9. The molecule has 144 valence electrons. The fourth-order valence-corrected chi connectivity index (χ4v) is 3.04. The molecule has 0 aliphatic carbocycles. The second-order valence-electron chi connectivity index (χ2n) is 6.68. The third kappa shape index (κ3) is 3.96. The van der Waals surface area contributed by atoms with Gasteiger partial charge < -0.3 is 14.8 Å². The van der Waals surface area contributed by atoms with E-state index in [1.54, 1.807) is 37.3 Å². The van der Waals surface area contributed by atoms with Crippen LogP contribution < -0.4 is 5.32 Å². The van der Waals surface area contributed by atoms with Gasteiger partial charge >= 0.3 is 11.9 Å². The summed E-state index contributed by atoms with van der Waals surface area (Å²) in [4.78, 5) is 37.4. The number of nitrogens with one attached hydrogen (secondary N) is 1. The molecule has 0 unspecified atom stereocenters. The molecule has 1 heterocycles. The number of hydrogen-bond donors (Lipinski definition) is 1. The zero-order chi connectivity index (χ0) is 20.1. The second kappa shape index (κ2) is 8.08. The Morgan fingerprint density at radius 1 is 1.11 bits per heavy atom. The Bertz CT molecular complexity index is 876. The van der Waals surface area contributed by atoms with E-state index in [2.05, 4.69) is 11.9 Å². The molecule has 0 bridgehead atoms. The van der Waals surface area contributed by atoms with Crippen LogP contribution in [-0.2, 0) is 25.7 Å². The summed E-state index contributed by atoms with van der Waals surface area (Å²) in [7, 11) is 0. The highest BCUT2D eigenvalue weighted by molar-refractivity contribution is 6.03. The van der Waals surface area contributed by atoms with Crippen molar-refractivity contribution in [2.24, 2.45) is 0 Å². The van der Waals surface area contributed by atoms with Crippen molar-refractivity contribution >= 4 is 17.8 Å². The molecule has 1 N–H and O–H groups in total. The first-order valence-electron chi connectivity index (χ1n) is 8.90. The highest BCUT2D eigenvalue weighted by atomic mass is 16.6. The number of carbonyl (C=O) groups excluding carboxylic acids is 3. The summed E-state index contributed by atoms with van der Waals surface area (Å²) >= 11 is 0. The van der Waals surface area contributed by atoms with Crippen LogP contribution in [0.2, 0.25) is 0 Å². The Kier molecular flexibility index (Phi) is 5.59. The number of esters is 2. The summed E-state index contributed by atoms with van der Waals surface area (Å²) in [6.07, 6.45) is -0.949. The van der Waals surface area contributed by atoms with Gasteiger partial charge in [-0.05, 0) is 24.6 Å². The first kappa shape index (κ1) is 19.4. The van der Waals surface area contributed by atoms with E-state index >= 15 is 0 Å². The average molecular weight is 379 g/mol. The Labute approximate surface area is 163 Å². The van der Waals surface area contributed by atoms with Crippen molar-refractivity contribution in [1.29, 1.82) is 0 Å².